The maximum Gasteiger partial charge on any atom is 0.144 e. The summed E-state index contributed by atoms with van der Waals surface area (Å²) in [5, 5.41) is 0. The molecule has 0 fully saturated rings. The molecule has 3 nitrogen and oxygen atoms in total. The number of hydrogen-bond acceptors (Lipinski definition) is 3. The third kappa shape index (κ3) is 4.14. The summed E-state index contributed by atoms with van der Waals surface area (Å²) in [4.78, 5) is 2.17. The Balaban J connectivity index is 2.19. The van der Waals surface area contributed by atoms with Gasteiger partial charge in [0, 0.05) is 29.8 Å². The van der Waals surface area contributed by atoms with Crippen molar-refractivity contribution in [1.82, 2.24) is 0 Å². The van der Waals surface area contributed by atoms with E-state index >= 15 is 0 Å². The van der Waals surface area contributed by atoms with Gasteiger partial charge in [-0.1, -0.05) is 34.1 Å². The fourth-order valence-electron chi connectivity index (χ4n) is 2.09. The van der Waals surface area contributed by atoms with E-state index in [4.69, 9.17) is 10.5 Å². The molecule has 2 N–H and O–H groups in total. The fourth-order valence-corrected chi connectivity index (χ4v) is 2.50. The number of benzene rings is 2. The molecule has 0 heterocycles. The first kappa shape index (κ1) is 15.7. The van der Waals surface area contributed by atoms with Gasteiger partial charge in [-0.05, 0) is 37.6 Å². The number of hydrogen-bond donors (Lipinski definition) is 1. The normalized spacial score (nSPS) is 10.7. The average molecular weight is 349 g/mol. The van der Waals surface area contributed by atoms with Crippen LogP contribution in [0.2, 0.25) is 0 Å². The number of nitrogen functional groups attached to an aromatic ring is 1. The van der Waals surface area contributed by atoms with Crippen LogP contribution in [0, 0.1) is 0 Å². The highest BCUT2D eigenvalue weighted by molar-refractivity contribution is 9.10. The maximum atomic E-state index is 5.96. The lowest BCUT2D eigenvalue weighted by Gasteiger charge is -2.22. The third-order valence-corrected chi connectivity index (χ3v) is 3.94. The molecule has 2 rings (SSSR count). The molecule has 2 aromatic carbocycles. The van der Waals surface area contributed by atoms with E-state index in [0.717, 1.165) is 22.5 Å². The first-order valence-corrected chi connectivity index (χ1v) is 7.77. The molecule has 112 valence electrons. The van der Waals surface area contributed by atoms with Crippen molar-refractivity contribution in [2.75, 3.05) is 17.7 Å². The van der Waals surface area contributed by atoms with Crippen molar-refractivity contribution in [3.05, 3.63) is 52.5 Å². The van der Waals surface area contributed by atoms with Crippen molar-refractivity contribution in [1.29, 1.82) is 0 Å². The Bertz CT molecular complexity index is 613. The van der Waals surface area contributed by atoms with Crippen LogP contribution < -0.4 is 15.4 Å². The molecular weight excluding hydrogens is 328 g/mol. The molecular formula is C17H21BrN2O. The van der Waals surface area contributed by atoms with Crippen LogP contribution in [0.15, 0.2) is 46.9 Å². The number of nitrogens with two attached hydrogens (primary N) is 1. The summed E-state index contributed by atoms with van der Waals surface area (Å²) in [5.74, 6) is 0.737. The van der Waals surface area contributed by atoms with Crippen molar-refractivity contribution in [3.8, 4) is 5.75 Å². The van der Waals surface area contributed by atoms with Crippen LogP contribution in [0.1, 0.15) is 19.4 Å². The van der Waals surface area contributed by atoms with Gasteiger partial charge in [0.05, 0.1) is 11.8 Å². The minimum atomic E-state index is 0.108. The van der Waals surface area contributed by atoms with Crippen molar-refractivity contribution in [2.45, 2.75) is 26.5 Å². The van der Waals surface area contributed by atoms with E-state index < -0.39 is 0 Å². The van der Waals surface area contributed by atoms with Crippen LogP contribution in [-0.2, 0) is 6.54 Å². The Morgan fingerprint density at radius 2 is 1.90 bits per heavy atom. The SMILES string of the molecule is CC(C)Oc1cc(N(C)Cc2ccccc2Br)ccc1N. The predicted molar refractivity (Wildman–Crippen MR) is 92.9 cm³/mol. The number of ether oxygens (including phenoxy) is 1. The van der Waals surface area contributed by atoms with Gasteiger partial charge in [-0.3, -0.25) is 0 Å². The molecule has 4 heteroatoms. The van der Waals surface area contributed by atoms with Gasteiger partial charge >= 0.3 is 0 Å². The number of nitrogens with zero attached hydrogens (tertiary/aromatic N) is 1. The van der Waals surface area contributed by atoms with Gasteiger partial charge in [0.2, 0.25) is 0 Å². The molecule has 0 unspecified atom stereocenters. The molecule has 0 saturated carbocycles. The van der Waals surface area contributed by atoms with Gasteiger partial charge in [-0.15, -0.1) is 0 Å². The summed E-state index contributed by atoms with van der Waals surface area (Å²) < 4.78 is 6.87. The summed E-state index contributed by atoms with van der Waals surface area (Å²) in [6, 6.07) is 14.1. The van der Waals surface area contributed by atoms with E-state index in [0.29, 0.717) is 5.69 Å². The third-order valence-electron chi connectivity index (χ3n) is 3.17. The second-order valence-electron chi connectivity index (χ2n) is 5.34. The molecule has 0 atom stereocenters. The highest BCUT2D eigenvalue weighted by Gasteiger charge is 2.09. The Hall–Kier alpha value is -1.68. The van der Waals surface area contributed by atoms with Crippen LogP contribution in [0.4, 0.5) is 11.4 Å². The summed E-state index contributed by atoms with van der Waals surface area (Å²) in [6.45, 7) is 4.81. The minimum absolute atomic E-state index is 0.108. The molecule has 0 radical (unpaired) electrons. The number of anilines is 2. The number of rotatable bonds is 5. The van der Waals surface area contributed by atoms with Gasteiger partial charge in [0.25, 0.3) is 0 Å². The molecule has 0 spiro atoms. The summed E-state index contributed by atoms with van der Waals surface area (Å²) in [7, 11) is 2.06. The molecule has 0 aliphatic heterocycles. The minimum Gasteiger partial charge on any atom is -0.489 e. The van der Waals surface area contributed by atoms with Crippen LogP contribution in [0.5, 0.6) is 5.75 Å². The number of halogens is 1. The fraction of sp³-hybridized carbons (Fsp3) is 0.294. The molecule has 0 amide bonds. The van der Waals surface area contributed by atoms with Crippen molar-refractivity contribution >= 4 is 27.3 Å². The van der Waals surface area contributed by atoms with Crippen LogP contribution in [0.25, 0.3) is 0 Å². The van der Waals surface area contributed by atoms with Gasteiger partial charge in [-0.2, -0.15) is 0 Å². The zero-order valence-corrected chi connectivity index (χ0v) is 14.2. The molecule has 0 aromatic heterocycles. The van der Waals surface area contributed by atoms with E-state index in [2.05, 4.69) is 40.0 Å². The average Bonchev–Trinajstić information content (AvgIpc) is 2.43. The van der Waals surface area contributed by atoms with E-state index in [9.17, 15) is 0 Å². The second-order valence-corrected chi connectivity index (χ2v) is 6.19. The zero-order valence-electron chi connectivity index (χ0n) is 12.6. The van der Waals surface area contributed by atoms with E-state index in [1.165, 1.54) is 5.56 Å². The quantitative estimate of drug-likeness (QED) is 0.811. The highest BCUT2D eigenvalue weighted by atomic mass is 79.9. The second kappa shape index (κ2) is 6.85. The van der Waals surface area contributed by atoms with Crippen LogP contribution in [-0.4, -0.2) is 13.2 Å². The van der Waals surface area contributed by atoms with E-state index in [-0.39, 0.29) is 6.10 Å². The molecule has 21 heavy (non-hydrogen) atoms. The van der Waals surface area contributed by atoms with Crippen molar-refractivity contribution in [2.24, 2.45) is 0 Å². The molecule has 0 bridgehead atoms. The smallest absolute Gasteiger partial charge is 0.144 e. The van der Waals surface area contributed by atoms with E-state index in [1.54, 1.807) is 0 Å². The lowest BCUT2D eigenvalue weighted by Crippen LogP contribution is -2.17. The monoisotopic (exact) mass is 348 g/mol. The Labute approximate surface area is 134 Å². The highest BCUT2D eigenvalue weighted by Crippen LogP contribution is 2.29. The van der Waals surface area contributed by atoms with Crippen molar-refractivity contribution in [3.63, 3.8) is 0 Å². The zero-order chi connectivity index (χ0) is 15.4. The summed E-state index contributed by atoms with van der Waals surface area (Å²) in [5.41, 5.74) is 8.95. The Morgan fingerprint density at radius 3 is 2.57 bits per heavy atom. The van der Waals surface area contributed by atoms with Crippen molar-refractivity contribution < 1.29 is 4.74 Å². The molecule has 0 aliphatic rings. The molecule has 0 aliphatic carbocycles. The van der Waals surface area contributed by atoms with Crippen LogP contribution in [0.3, 0.4) is 0 Å². The predicted octanol–water partition coefficient (Wildman–Crippen LogP) is 4.45. The Kier molecular flexibility index (Phi) is 5.12. The molecule has 2 aromatic rings. The van der Waals surface area contributed by atoms with Gasteiger partial charge in [0.1, 0.15) is 5.75 Å². The Morgan fingerprint density at radius 1 is 1.19 bits per heavy atom. The maximum absolute atomic E-state index is 5.96. The molecule has 0 saturated heterocycles. The standard InChI is InChI=1S/C17H21BrN2O/c1-12(2)21-17-10-14(8-9-16(17)19)20(3)11-13-6-4-5-7-15(13)18/h4-10,12H,11,19H2,1-3H3. The lowest BCUT2D eigenvalue weighted by molar-refractivity contribution is 0.244. The largest absolute Gasteiger partial charge is 0.489 e. The lowest BCUT2D eigenvalue weighted by atomic mass is 10.2. The first-order valence-electron chi connectivity index (χ1n) is 6.98. The van der Waals surface area contributed by atoms with E-state index in [1.807, 2.05) is 44.2 Å². The van der Waals surface area contributed by atoms with Gasteiger partial charge in [-0.25, -0.2) is 0 Å². The topological polar surface area (TPSA) is 38.5 Å². The van der Waals surface area contributed by atoms with Crippen LogP contribution >= 0.6 is 15.9 Å². The van der Waals surface area contributed by atoms with Gasteiger partial charge < -0.3 is 15.4 Å². The summed E-state index contributed by atoms with van der Waals surface area (Å²) >= 11 is 3.58. The van der Waals surface area contributed by atoms with Gasteiger partial charge in [0.15, 0.2) is 0 Å². The summed E-state index contributed by atoms with van der Waals surface area (Å²) in [6.07, 6.45) is 0.108. The first-order chi connectivity index (χ1) is 9.97.